The van der Waals surface area contributed by atoms with Gasteiger partial charge in [-0.3, -0.25) is 4.79 Å². The highest BCUT2D eigenvalue weighted by Crippen LogP contribution is 2.23. The minimum atomic E-state index is -0.393. The number of carbonyl (C=O) groups is 1. The van der Waals surface area contributed by atoms with Crippen LogP contribution in [-0.4, -0.2) is 15.9 Å². The fourth-order valence-electron chi connectivity index (χ4n) is 2.19. The summed E-state index contributed by atoms with van der Waals surface area (Å²) in [5.41, 5.74) is 2.07. The average molecular weight is 357 g/mol. The number of hydrogen-bond donors (Lipinski definition) is 2. The number of anilines is 3. The van der Waals surface area contributed by atoms with Crippen LogP contribution in [0.3, 0.4) is 0 Å². The Morgan fingerprint density at radius 1 is 1.12 bits per heavy atom. The fraction of sp³-hybridized carbons (Fsp3) is 0.0556. The SMILES string of the molecule is Cc1c(Cl)cccc1NC(=O)c1cc(Nc2cccc(F)c2)ncn1. The Balaban J connectivity index is 1.78. The van der Waals surface area contributed by atoms with Crippen molar-refractivity contribution in [2.45, 2.75) is 6.92 Å². The van der Waals surface area contributed by atoms with Gasteiger partial charge in [0.05, 0.1) is 0 Å². The second kappa shape index (κ2) is 7.27. The van der Waals surface area contributed by atoms with E-state index in [0.29, 0.717) is 22.2 Å². The third kappa shape index (κ3) is 4.10. The first kappa shape index (κ1) is 16.9. The van der Waals surface area contributed by atoms with Gasteiger partial charge in [0.1, 0.15) is 23.7 Å². The van der Waals surface area contributed by atoms with E-state index in [4.69, 9.17) is 11.6 Å². The molecule has 0 saturated heterocycles. The molecule has 7 heteroatoms. The molecule has 1 aromatic heterocycles. The van der Waals surface area contributed by atoms with E-state index in [1.165, 1.54) is 24.5 Å². The molecule has 3 rings (SSSR count). The number of rotatable bonds is 4. The molecule has 0 spiro atoms. The molecule has 0 fully saturated rings. The van der Waals surface area contributed by atoms with E-state index < -0.39 is 5.91 Å². The van der Waals surface area contributed by atoms with E-state index in [9.17, 15) is 9.18 Å². The number of nitrogens with one attached hydrogen (secondary N) is 2. The molecule has 2 N–H and O–H groups in total. The van der Waals surface area contributed by atoms with Crippen LogP contribution in [0.2, 0.25) is 5.02 Å². The molecule has 0 bridgehead atoms. The van der Waals surface area contributed by atoms with Gasteiger partial charge in [-0.2, -0.15) is 0 Å². The molecule has 1 amide bonds. The summed E-state index contributed by atoms with van der Waals surface area (Å²) in [7, 11) is 0. The zero-order valence-electron chi connectivity index (χ0n) is 13.3. The van der Waals surface area contributed by atoms with Gasteiger partial charge in [-0.1, -0.05) is 23.7 Å². The highest BCUT2D eigenvalue weighted by Gasteiger charge is 2.11. The Kier molecular flexibility index (Phi) is 4.90. The van der Waals surface area contributed by atoms with Crippen molar-refractivity contribution in [2.75, 3.05) is 10.6 Å². The summed E-state index contributed by atoms with van der Waals surface area (Å²) in [5, 5.41) is 6.26. The second-order valence-corrected chi connectivity index (χ2v) is 5.70. The topological polar surface area (TPSA) is 66.9 Å². The lowest BCUT2D eigenvalue weighted by Gasteiger charge is -2.10. The lowest BCUT2D eigenvalue weighted by atomic mass is 10.2. The number of amides is 1. The van der Waals surface area contributed by atoms with Gasteiger partial charge in [0, 0.05) is 22.5 Å². The molecular formula is C18H14ClFN4O. The molecule has 25 heavy (non-hydrogen) atoms. The van der Waals surface area contributed by atoms with Crippen LogP contribution < -0.4 is 10.6 Å². The van der Waals surface area contributed by atoms with Crippen LogP contribution in [0.5, 0.6) is 0 Å². The third-order valence-electron chi connectivity index (χ3n) is 3.51. The first-order chi connectivity index (χ1) is 12.0. The van der Waals surface area contributed by atoms with Crippen LogP contribution in [-0.2, 0) is 0 Å². The Hall–Kier alpha value is -2.99. The lowest BCUT2D eigenvalue weighted by molar-refractivity contribution is 0.102. The Morgan fingerprint density at radius 3 is 2.72 bits per heavy atom. The van der Waals surface area contributed by atoms with Crippen LogP contribution in [0, 0.1) is 12.7 Å². The summed E-state index contributed by atoms with van der Waals surface area (Å²) in [6, 6.07) is 12.7. The average Bonchev–Trinajstić information content (AvgIpc) is 2.59. The van der Waals surface area contributed by atoms with Crippen LogP contribution >= 0.6 is 11.6 Å². The first-order valence-corrected chi connectivity index (χ1v) is 7.82. The maximum Gasteiger partial charge on any atom is 0.274 e. The first-order valence-electron chi connectivity index (χ1n) is 7.44. The van der Waals surface area contributed by atoms with Gasteiger partial charge < -0.3 is 10.6 Å². The Morgan fingerprint density at radius 2 is 1.92 bits per heavy atom. The number of halogens is 2. The molecule has 0 radical (unpaired) electrons. The van der Waals surface area contributed by atoms with Crippen molar-refractivity contribution in [3.05, 3.63) is 77.0 Å². The molecule has 3 aromatic rings. The number of nitrogens with zero attached hydrogens (tertiary/aromatic N) is 2. The zero-order valence-corrected chi connectivity index (χ0v) is 14.0. The summed E-state index contributed by atoms with van der Waals surface area (Å²) in [5.74, 6) is -0.378. The monoisotopic (exact) mass is 356 g/mol. The largest absolute Gasteiger partial charge is 0.340 e. The summed E-state index contributed by atoms with van der Waals surface area (Å²) in [6.07, 6.45) is 1.27. The highest BCUT2D eigenvalue weighted by molar-refractivity contribution is 6.31. The van der Waals surface area contributed by atoms with Gasteiger partial charge in [0.2, 0.25) is 0 Å². The highest BCUT2D eigenvalue weighted by atomic mass is 35.5. The predicted molar refractivity (Wildman–Crippen MR) is 95.9 cm³/mol. The van der Waals surface area contributed by atoms with Crippen LogP contribution in [0.4, 0.5) is 21.6 Å². The molecular weight excluding hydrogens is 343 g/mol. The molecule has 2 aromatic carbocycles. The van der Waals surface area contributed by atoms with Gasteiger partial charge in [-0.25, -0.2) is 14.4 Å². The number of benzene rings is 2. The summed E-state index contributed by atoms with van der Waals surface area (Å²) in [4.78, 5) is 20.4. The Bertz CT molecular complexity index is 932. The van der Waals surface area contributed by atoms with E-state index in [0.717, 1.165) is 5.56 Å². The number of hydrogen-bond acceptors (Lipinski definition) is 4. The minimum Gasteiger partial charge on any atom is -0.340 e. The van der Waals surface area contributed by atoms with Gasteiger partial charge in [-0.15, -0.1) is 0 Å². The standard InChI is InChI=1S/C18H14ClFN4O/c1-11-14(19)6-3-7-15(11)24-18(25)16-9-17(22-10-21-16)23-13-5-2-4-12(20)8-13/h2-10H,1H3,(H,24,25)(H,21,22,23). The van der Waals surface area contributed by atoms with E-state index in [1.807, 2.05) is 6.92 Å². The van der Waals surface area contributed by atoms with Crippen molar-refractivity contribution < 1.29 is 9.18 Å². The van der Waals surface area contributed by atoms with Crippen molar-refractivity contribution in [3.8, 4) is 0 Å². The summed E-state index contributed by atoms with van der Waals surface area (Å²) in [6.45, 7) is 1.81. The fourth-order valence-corrected chi connectivity index (χ4v) is 2.37. The maximum atomic E-state index is 13.2. The van der Waals surface area contributed by atoms with Crippen molar-refractivity contribution in [3.63, 3.8) is 0 Å². The van der Waals surface area contributed by atoms with E-state index >= 15 is 0 Å². The molecule has 0 aliphatic rings. The van der Waals surface area contributed by atoms with Gasteiger partial charge >= 0.3 is 0 Å². The molecule has 126 valence electrons. The van der Waals surface area contributed by atoms with Crippen molar-refractivity contribution in [2.24, 2.45) is 0 Å². The zero-order chi connectivity index (χ0) is 17.8. The normalized spacial score (nSPS) is 10.4. The molecule has 0 aliphatic carbocycles. The van der Waals surface area contributed by atoms with Crippen molar-refractivity contribution >= 4 is 34.7 Å². The molecule has 1 heterocycles. The molecule has 0 aliphatic heterocycles. The minimum absolute atomic E-state index is 0.174. The number of carbonyl (C=O) groups excluding carboxylic acids is 1. The van der Waals surface area contributed by atoms with Crippen molar-refractivity contribution in [1.82, 2.24) is 9.97 Å². The molecule has 0 atom stereocenters. The second-order valence-electron chi connectivity index (χ2n) is 5.29. The summed E-state index contributed by atoms with van der Waals surface area (Å²) >= 11 is 6.05. The van der Waals surface area contributed by atoms with E-state index in [1.54, 1.807) is 30.3 Å². The van der Waals surface area contributed by atoms with Crippen LogP contribution in [0.15, 0.2) is 54.9 Å². The van der Waals surface area contributed by atoms with E-state index in [2.05, 4.69) is 20.6 Å². The smallest absolute Gasteiger partial charge is 0.274 e. The Labute approximate surface area is 148 Å². The quantitative estimate of drug-likeness (QED) is 0.718. The number of aromatic nitrogens is 2. The summed E-state index contributed by atoms with van der Waals surface area (Å²) < 4.78 is 13.2. The third-order valence-corrected chi connectivity index (χ3v) is 3.92. The van der Waals surface area contributed by atoms with E-state index in [-0.39, 0.29) is 11.5 Å². The molecule has 0 saturated carbocycles. The van der Waals surface area contributed by atoms with Gasteiger partial charge in [-0.05, 0) is 42.8 Å². The van der Waals surface area contributed by atoms with Gasteiger partial charge in [0.25, 0.3) is 5.91 Å². The molecule has 0 unspecified atom stereocenters. The molecule has 5 nitrogen and oxygen atoms in total. The predicted octanol–water partition coefficient (Wildman–Crippen LogP) is 4.57. The van der Waals surface area contributed by atoms with Crippen LogP contribution in [0.25, 0.3) is 0 Å². The van der Waals surface area contributed by atoms with Gasteiger partial charge in [0.15, 0.2) is 0 Å². The van der Waals surface area contributed by atoms with Crippen LogP contribution in [0.1, 0.15) is 16.1 Å². The van der Waals surface area contributed by atoms with Crippen molar-refractivity contribution in [1.29, 1.82) is 0 Å². The lowest BCUT2D eigenvalue weighted by Crippen LogP contribution is -2.15. The maximum absolute atomic E-state index is 13.2.